The first kappa shape index (κ1) is 16.7. The van der Waals surface area contributed by atoms with Gasteiger partial charge in [-0.2, -0.15) is 0 Å². The van der Waals surface area contributed by atoms with Gasteiger partial charge in [0.15, 0.2) is 0 Å². The summed E-state index contributed by atoms with van der Waals surface area (Å²) in [6.45, 7) is 7.98. The molecule has 0 aliphatic heterocycles. The summed E-state index contributed by atoms with van der Waals surface area (Å²) in [5, 5.41) is 8.74. The molecule has 0 saturated carbocycles. The molecule has 0 aliphatic rings. The number of hydrogen-bond acceptors (Lipinski definition) is 3. The first-order valence-corrected chi connectivity index (χ1v) is 7.05. The van der Waals surface area contributed by atoms with Crippen molar-refractivity contribution in [1.82, 2.24) is 4.90 Å². The monoisotopic (exact) mass is 275 g/mol. The molecular formula is C17H25NO2. The van der Waals surface area contributed by atoms with Crippen LogP contribution in [0.3, 0.4) is 0 Å². The van der Waals surface area contributed by atoms with Crippen LogP contribution in [0.25, 0.3) is 0 Å². The Bertz CT molecular complexity index is 446. The largest absolute Gasteiger partial charge is 0.384 e. The smallest absolute Gasteiger partial charge is 0.104 e. The van der Waals surface area contributed by atoms with Gasteiger partial charge in [0.25, 0.3) is 0 Å². The molecule has 0 heterocycles. The quantitative estimate of drug-likeness (QED) is 0.774. The molecule has 1 aromatic rings. The van der Waals surface area contributed by atoms with Crippen molar-refractivity contribution in [3.05, 3.63) is 35.4 Å². The maximum absolute atomic E-state index is 8.74. The van der Waals surface area contributed by atoms with E-state index in [2.05, 4.69) is 42.7 Å². The van der Waals surface area contributed by atoms with Crippen LogP contribution in [0.4, 0.5) is 0 Å². The Morgan fingerprint density at radius 2 is 2.15 bits per heavy atom. The van der Waals surface area contributed by atoms with Crippen molar-refractivity contribution in [2.45, 2.75) is 20.4 Å². The average molecular weight is 275 g/mol. The third kappa shape index (κ3) is 6.72. The fourth-order valence-corrected chi connectivity index (χ4v) is 2.12. The van der Waals surface area contributed by atoms with Crippen LogP contribution in [0.1, 0.15) is 25.0 Å². The Balaban J connectivity index is 2.71. The molecule has 0 spiro atoms. The highest BCUT2D eigenvalue weighted by Crippen LogP contribution is 2.09. The van der Waals surface area contributed by atoms with E-state index in [1.165, 1.54) is 5.56 Å². The molecule has 3 nitrogen and oxygen atoms in total. The molecule has 1 rings (SSSR count). The van der Waals surface area contributed by atoms with Crippen molar-refractivity contribution >= 4 is 0 Å². The third-order valence-corrected chi connectivity index (χ3v) is 2.88. The number of nitrogens with zero attached hydrogens (tertiary/aromatic N) is 1. The number of ether oxygens (including phenoxy) is 1. The van der Waals surface area contributed by atoms with Crippen molar-refractivity contribution < 1.29 is 9.84 Å². The summed E-state index contributed by atoms with van der Waals surface area (Å²) in [7, 11) is 1.73. The maximum atomic E-state index is 8.74. The molecule has 0 amide bonds. The van der Waals surface area contributed by atoms with E-state index in [0.29, 0.717) is 5.92 Å². The molecule has 0 fully saturated rings. The first-order valence-electron chi connectivity index (χ1n) is 7.05. The van der Waals surface area contributed by atoms with Gasteiger partial charge in [-0.25, -0.2) is 0 Å². The molecule has 110 valence electrons. The summed E-state index contributed by atoms with van der Waals surface area (Å²) >= 11 is 0. The number of benzene rings is 1. The molecule has 0 radical (unpaired) electrons. The van der Waals surface area contributed by atoms with Crippen molar-refractivity contribution in [2.75, 3.05) is 33.4 Å². The van der Waals surface area contributed by atoms with E-state index >= 15 is 0 Å². The molecule has 0 bridgehead atoms. The van der Waals surface area contributed by atoms with Gasteiger partial charge in [-0.1, -0.05) is 37.8 Å². The second-order valence-electron chi connectivity index (χ2n) is 5.28. The molecule has 3 heteroatoms. The Morgan fingerprint density at radius 3 is 2.80 bits per heavy atom. The summed E-state index contributed by atoms with van der Waals surface area (Å²) in [6, 6.07) is 8.18. The second-order valence-corrected chi connectivity index (χ2v) is 5.28. The van der Waals surface area contributed by atoms with E-state index in [4.69, 9.17) is 9.84 Å². The normalized spacial score (nSPS) is 10.7. The molecule has 0 unspecified atom stereocenters. The van der Waals surface area contributed by atoms with Crippen LogP contribution in [0.15, 0.2) is 24.3 Å². The van der Waals surface area contributed by atoms with Gasteiger partial charge in [0, 0.05) is 32.3 Å². The SMILES string of the molecule is COCCN(Cc1cccc(C#CCO)c1)CC(C)C. The van der Waals surface area contributed by atoms with Gasteiger partial charge < -0.3 is 9.84 Å². The highest BCUT2D eigenvalue weighted by Gasteiger charge is 2.08. The Labute approximate surface area is 122 Å². The van der Waals surface area contributed by atoms with E-state index in [-0.39, 0.29) is 6.61 Å². The lowest BCUT2D eigenvalue weighted by Crippen LogP contribution is -2.30. The van der Waals surface area contributed by atoms with Gasteiger partial charge >= 0.3 is 0 Å². The number of rotatable bonds is 7. The molecule has 0 atom stereocenters. The van der Waals surface area contributed by atoms with E-state index in [0.717, 1.165) is 31.8 Å². The minimum absolute atomic E-state index is 0.0997. The summed E-state index contributed by atoms with van der Waals surface area (Å²) in [5.74, 6) is 6.26. The van der Waals surface area contributed by atoms with Gasteiger partial charge in [0.2, 0.25) is 0 Å². The highest BCUT2D eigenvalue weighted by molar-refractivity contribution is 5.37. The zero-order chi connectivity index (χ0) is 14.8. The first-order chi connectivity index (χ1) is 9.65. The predicted octanol–water partition coefficient (Wildman–Crippen LogP) is 2.13. The highest BCUT2D eigenvalue weighted by atomic mass is 16.5. The molecule has 0 aliphatic carbocycles. The molecule has 0 saturated heterocycles. The average Bonchev–Trinajstić information content (AvgIpc) is 2.42. The third-order valence-electron chi connectivity index (χ3n) is 2.88. The van der Waals surface area contributed by atoms with E-state index in [1.807, 2.05) is 12.1 Å². The number of hydrogen-bond donors (Lipinski definition) is 1. The van der Waals surface area contributed by atoms with Crippen LogP contribution in [0, 0.1) is 17.8 Å². The molecule has 1 aromatic carbocycles. The fourth-order valence-electron chi connectivity index (χ4n) is 2.12. The van der Waals surface area contributed by atoms with Gasteiger partial charge in [-0.05, 0) is 23.6 Å². The Morgan fingerprint density at radius 1 is 1.35 bits per heavy atom. The van der Waals surface area contributed by atoms with Crippen molar-refractivity contribution in [3.63, 3.8) is 0 Å². The lowest BCUT2D eigenvalue weighted by atomic mass is 10.1. The Hall–Kier alpha value is -1.34. The Kier molecular flexibility index (Phi) is 7.98. The number of aliphatic hydroxyl groups is 1. The summed E-state index contributed by atoms with van der Waals surface area (Å²) < 4.78 is 5.18. The van der Waals surface area contributed by atoms with Crippen molar-refractivity contribution in [2.24, 2.45) is 5.92 Å². The molecule has 1 N–H and O–H groups in total. The lowest BCUT2D eigenvalue weighted by Gasteiger charge is -2.24. The van der Waals surface area contributed by atoms with E-state index < -0.39 is 0 Å². The van der Waals surface area contributed by atoms with Crippen LogP contribution in [0.5, 0.6) is 0 Å². The lowest BCUT2D eigenvalue weighted by molar-refractivity contribution is 0.136. The minimum Gasteiger partial charge on any atom is -0.384 e. The van der Waals surface area contributed by atoms with Crippen LogP contribution < -0.4 is 0 Å². The predicted molar refractivity (Wildman–Crippen MR) is 82.4 cm³/mol. The van der Waals surface area contributed by atoms with Gasteiger partial charge in [-0.3, -0.25) is 4.90 Å². The number of methoxy groups -OCH3 is 1. The van der Waals surface area contributed by atoms with Gasteiger partial charge in [0.05, 0.1) is 6.61 Å². The number of aliphatic hydroxyl groups excluding tert-OH is 1. The zero-order valence-electron chi connectivity index (χ0n) is 12.7. The van der Waals surface area contributed by atoms with E-state index in [9.17, 15) is 0 Å². The summed E-state index contributed by atoms with van der Waals surface area (Å²) in [5.41, 5.74) is 2.19. The van der Waals surface area contributed by atoms with Gasteiger partial charge in [-0.15, -0.1) is 0 Å². The second kappa shape index (κ2) is 9.55. The van der Waals surface area contributed by atoms with Crippen LogP contribution in [-0.4, -0.2) is 43.4 Å². The zero-order valence-corrected chi connectivity index (χ0v) is 12.7. The van der Waals surface area contributed by atoms with Crippen molar-refractivity contribution in [1.29, 1.82) is 0 Å². The topological polar surface area (TPSA) is 32.7 Å². The molecule has 20 heavy (non-hydrogen) atoms. The van der Waals surface area contributed by atoms with Crippen LogP contribution in [0.2, 0.25) is 0 Å². The van der Waals surface area contributed by atoms with Crippen LogP contribution in [-0.2, 0) is 11.3 Å². The fraction of sp³-hybridized carbons (Fsp3) is 0.529. The molecular weight excluding hydrogens is 250 g/mol. The van der Waals surface area contributed by atoms with E-state index in [1.54, 1.807) is 7.11 Å². The standard InChI is InChI=1S/C17H25NO2/c1-15(2)13-18(9-11-20-3)14-17-7-4-6-16(12-17)8-5-10-19/h4,6-7,12,15,19H,9-11,13-14H2,1-3H3. The van der Waals surface area contributed by atoms with Gasteiger partial charge in [0.1, 0.15) is 6.61 Å². The maximum Gasteiger partial charge on any atom is 0.104 e. The van der Waals surface area contributed by atoms with Crippen molar-refractivity contribution in [3.8, 4) is 11.8 Å². The minimum atomic E-state index is -0.0997. The summed E-state index contributed by atoms with van der Waals surface area (Å²) in [6.07, 6.45) is 0. The molecule has 0 aromatic heterocycles. The van der Waals surface area contributed by atoms with Crippen LogP contribution >= 0.6 is 0 Å². The summed E-state index contributed by atoms with van der Waals surface area (Å²) in [4.78, 5) is 2.40.